The van der Waals surface area contributed by atoms with Gasteiger partial charge in [0.2, 0.25) is 0 Å². The van der Waals surface area contributed by atoms with Gasteiger partial charge in [-0.15, -0.1) is 0 Å². The first-order valence-corrected chi connectivity index (χ1v) is 4.89. The Morgan fingerprint density at radius 2 is 2.00 bits per heavy atom. The molecular formula is C11H8ClFN2O. The van der Waals surface area contributed by atoms with Crippen LogP contribution in [0.1, 0.15) is 0 Å². The number of aromatic nitrogens is 2. The first-order valence-electron chi connectivity index (χ1n) is 4.51. The Kier molecular flexibility index (Phi) is 3.01. The summed E-state index contributed by atoms with van der Waals surface area (Å²) in [7, 11) is 1.48. The van der Waals surface area contributed by atoms with E-state index in [1.807, 2.05) is 0 Å². The van der Waals surface area contributed by atoms with Gasteiger partial charge in [0, 0.05) is 17.7 Å². The summed E-state index contributed by atoms with van der Waals surface area (Å²) in [5.41, 5.74) is 1.15. The predicted octanol–water partition coefficient (Wildman–Crippen LogP) is 2.94. The van der Waals surface area contributed by atoms with Crippen LogP contribution in [-0.4, -0.2) is 17.1 Å². The highest BCUT2D eigenvalue weighted by atomic mass is 35.5. The van der Waals surface area contributed by atoms with Gasteiger partial charge in [0.15, 0.2) is 0 Å². The van der Waals surface area contributed by atoms with Crippen LogP contribution < -0.4 is 4.74 Å². The van der Waals surface area contributed by atoms with Gasteiger partial charge in [-0.1, -0.05) is 11.6 Å². The van der Waals surface area contributed by atoms with Gasteiger partial charge in [-0.25, -0.2) is 14.4 Å². The maximum atomic E-state index is 13.2. The molecule has 0 saturated heterocycles. The molecule has 82 valence electrons. The molecule has 0 atom stereocenters. The van der Waals surface area contributed by atoms with Gasteiger partial charge in [-0.2, -0.15) is 0 Å². The van der Waals surface area contributed by atoms with Crippen molar-refractivity contribution in [1.82, 2.24) is 9.97 Å². The highest BCUT2D eigenvalue weighted by Gasteiger charge is 2.05. The third-order valence-corrected chi connectivity index (χ3v) is 2.24. The predicted molar refractivity (Wildman–Crippen MR) is 59.0 cm³/mol. The second-order valence-electron chi connectivity index (χ2n) is 3.11. The zero-order chi connectivity index (χ0) is 11.5. The number of nitrogens with zero attached hydrogens (tertiary/aromatic N) is 2. The molecule has 0 aliphatic rings. The van der Waals surface area contributed by atoms with Crippen LogP contribution in [0, 0.1) is 5.82 Å². The molecule has 0 fully saturated rings. The van der Waals surface area contributed by atoms with Crippen LogP contribution in [0.15, 0.2) is 30.6 Å². The molecule has 2 rings (SSSR count). The summed E-state index contributed by atoms with van der Waals surface area (Å²) in [4.78, 5) is 7.77. The van der Waals surface area contributed by atoms with E-state index in [0.717, 1.165) is 0 Å². The zero-order valence-electron chi connectivity index (χ0n) is 8.45. The van der Waals surface area contributed by atoms with Gasteiger partial charge >= 0.3 is 0 Å². The van der Waals surface area contributed by atoms with Crippen molar-refractivity contribution >= 4 is 11.6 Å². The van der Waals surface area contributed by atoms with E-state index in [2.05, 4.69) is 9.97 Å². The Morgan fingerprint density at radius 3 is 2.69 bits per heavy atom. The second kappa shape index (κ2) is 4.45. The lowest BCUT2D eigenvalue weighted by Gasteiger charge is -2.04. The van der Waals surface area contributed by atoms with Gasteiger partial charge in [0.25, 0.3) is 0 Å². The van der Waals surface area contributed by atoms with Crippen LogP contribution >= 0.6 is 11.6 Å². The lowest BCUT2D eigenvalue weighted by Crippen LogP contribution is -1.89. The molecule has 1 heterocycles. The average Bonchev–Trinajstić information content (AvgIpc) is 2.28. The van der Waals surface area contributed by atoms with Crippen molar-refractivity contribution in [2.24, 2.45) is 0 Å². The van der Waals surface area contributed by atoms with Gasteiger partial charge in [-0.3, -0.25) is 0 Å². The number of halogens is 2. The summed E-state index contributed by atoms with van der Waals surface area (Å²) >= 11 is 5.73. The molecule has 1 aromatic heterocycles. The number of benzene rings is 1. The Hall–Kier alpha value is -1.68. The van der Waals surface area contributed by atoms with Crippen molar-refractivity contribution in [3.8, 4) is 17.0 Å². The molecule has 0 saturated carbocycles. The molecule has 0 bridgehead atoms. The van der Waals surface area contributed by atoms with E-state index in [4.69, 9.17) is 16.3 Å². The van der Waals surface area contributed by atoms with Crippen molar-refractivity contribution in [1.29, 1.82) is 0 Å². The summed E-state index contributed by atoms with van der Waals surface area (Å²) in [6.45, 7) is 0. The van der Waals surface area contributed by atoms with Gasteiger partial charge < -0.3 is 4.74 Å². The van der Waals surface area contributed by atoms with Gasteiger partial charge in [0.1, 0.15) is 23.0 Å². The van der Waals surface area contributed by atoms with Crippen molar-refractivity contribution in [3.63, 3.8) is 0 Å². The monoisotopic (exact) mass is 238 g/mol. The molecule has 2 aromatic rings. The fourth-order valence-electron chi connectivity index (χ4n) is 1.32. The lowest BCUT2D eigenvalue weighted by molar-refractivity contribution is 0.411. The maximum Gasteiger partial charge on any atom is 0.133 e. The average molecular weight is 239 g/mol. The number of hydrogen-bond donors (Lipinski definition) is 0. The number of methoxy groups -OCH3 is 1. The molecule has 5 heteroatoms. The van der Waals surface area contributed by atoms with Crippen molar-refractivity contribution in [2.75, 3.05) is 7.11 Å². The summed E-state index contributed by atoms with van der Waals surface area (Å²) in [6.07, 6.45) is 1.33. The molecule has 3 nitrogen and oxygen atoms in total. The van der Waals surface area contributed by atoms with E-state index in [9.17, 15) is 4.39 Å². The molecule has 0 aliphatic carbocycles. The molecule has 0 aliphatic heterocycles. The molecule has 0 amide bonds. The number of hydrogen-bond acceptors (Lipinski definition) is 3. The van der Waals surface area contributed by atoms with Crippen LogP contribution in [0.3, 0.4) is 0 Å². The highest BCUT2D eigenvalue weighted by Crippen LogP contribution is 2.24. The zero-order valence-corrected chi connectivity index (χ0v) is 9.20. The van der Waals surface area contributed by atoms with E-state index in [1.165, 1.54) is 25.6 Å². The number of ether oxygens (including phenoxy) is 1. The number of rotatable bonds is 2. The van der Waals surface area contributed by atoms with Crippen molar-refractivity contribution in [3.05, 3.63) is 41.6 Å². The second-order valence-corrected chi connectivity index (χ2v) is 3.49. The van der Waals surface area contributed by atoms with Crippen LogP contribution in [0.25, 0.3) is 11.3 Å². The minimum atomic E-state index is -0.385. The molecule has 0 unspecified atom stereocenters. The standard InChI is InChI=1S/C11H8ClFN2O/c1-16-9-3-7(2-8(13)4-9)10-5-11(12)15-6-14-10/h2-6H,1H3. The largest absolute Gasteiger partial charge is 0.497 e. The molecule has 0 radical (unpaired) electrons. The minimum Gasteiger partial charge on any atom is -0.497 e. The van der Waals surface area contributed by atoms with E-state index in [1.54, 1.807) is 12.1 Å². The molecular weight excluding hydrogens is 231 g/mol. The maximum absolute atomic E-state index is 13.2. The van der Waals surface area contributed by atoms with Crippen LogP contribution in [0.2, 0.25) is 5.15 Å². The smallest absolute Gasteiger partial charge is 0.133 e. The summed E-state index contributed by atoms with van der Waals surface area (Å²) in [5, 5.41) is 0.313. The van der Waals surface area contributed by atoms with Gasteiger partial charge in [-0.05, 0) is 12.1 Å². The lowest BCUT2D eigenvalue weighted by atomic mass is 10.1. The van der Waals surface area contributed by atoms with Gasteiger partial charge in [0.05, 0.1) is 12.8 Å². The third-order valence-electron chi connectivity index (χ3n) is 2.04. The van der Waals surface area contributed by atoms with E-state index in [-0.39, 0.29) is 5.82 Å². The molecule has 1 aromatic carbocycles. The first kappa shape index (κ1) is 10.8. The fourth-order valence-corrected chi connectivity index (χ4v) is 1.47. The molecule has 16 heavy (non-hydrogen) atoms. The normalized spacial score (nSPS) is 10.2. The van der Waals surface area contributed by atoms with Crippen LogP contribution in [0.5, 0.6) is 5.75 Å². The Balaban J connectivity index is 2.51. The van der Waals surface area contributed by atoms with Crippen LogP contribution in [-0.2, 0) is 0 Å². The summed E-state index contributed by atoms with van der Waals surface area (Å²) in [5.74, 6) is 0.0498. The Labute approximate surface area is 96.9 Å². The van der Waals surface area contributed by atoms with E-state index in [0.29, 0.717) is 22.2 Å². The molecule has 0 spiro atoms. The minimum absolute atomic E-state index is 0.313. The van der Waals surface area contributed by atoms with E-state index < -0.39 is 0 Å². The molecule has 0 N–H and O–H groups in total. The fraction of sp³-hybridized carbons (Fsp3) is 0.0909. The Morgan fingerprint density at radius 1 is 1.19 bits per heavy atom. The third kappa shape index (κ3) is 2.28. The van der Waals surface area contributed by atoms with Crippen molar-refractivity contribution < 1.29 is 9.13 Å². The van der Waals surface area contributed by atoms with Crippen LogP contribution in [0.4, 0.5) is 4.39 Å². The van der Waals surface area contributed by atoms with E-state index >= 15 is 0 Å². The quantitative estimate of drug-likeness (QED) is 0.755. The summed E-state index contributed by atoms with van der Waals surface area (Å²) < 4.78 is 18.2. The van der Waals surface area contributed by atoms with Crippen molar-refractivity contribution in [2.45, 2.75) is 0 Å². The highest BCUT2D eigenvalue weighted by molar-refractivity contribution is 6.29. The Bertz CT molecular complexity index is 519. The SMILES string of the molecule is COc1cc(F)cc(-c2cc(Cl)ncn2)c1. The summed E-state index contributed by atoms with van der Waals surface area (Å²) in [6, 6.07) is 5.91. The topological polar surface area (TPSA) is 35.0 Å². The first-order chi connectivity index (χ1) is 7.69.